The van der Waals surface area contributed by atoms with Crippen LogP contribution in [0.5, 0.6) is 0 Å². The zero-order chi connectivity index (χ0) is 28.3. The monoisotopic (exact) mass is 570 g/mol. The summed E-state index contributed by atoms with van der Waals surface area (Å²) in [5, 5.41) is 6.05. The van der Waals surface area contributed by atoms with Gasteiger partial charge in [-0.25, -0.2) is 0 Å². The minimum atomic E-state index is -5.63. The summed E-state index contributed by atoms with van der Waals surface area (Å²) in [7, 11) is -5.63. The van der Waals surface area contributed by atoms with Gasteiger partial charge >= 0.3 is 15.5 Å². The highest BCUT2D eigenvalue weighted by Crippen LogP contribution is 2.39. The minimum absolute atomic E-state index is 0.183. The molecule has 11 heteroatoms. The number of hydrogen-bond donors (Lipinski definition) is 3. The average molecular weight is 571 g/mol. The Kier molecular flexibility index (Phi) is 7.86. The molecule has 210 valence electrons. The van der Waals surface area contributed by atoms with E-state index in [0.29, 0.717) is 16.9 Å². The van der Waals surface area contributed by atoms with E-state index in [4.69, 9.17) is 0 Å². The van der Waals surface area contributed by atoms with E-state index in [1.807, 2.05) is 54.6 Å². The van der Waals surface area contributed by atoms with Crippen LogP contribution in [0.25, 0.3) is 11.3 Å². The Morgan fingerprint density at radius 1 is 0.875 bits per heavy atom. The van der Waals surface area contributed by atoms with Crippen molar-refractivity contribution in [3.63, 3.8) is 0 Å². The van der Waals surface area contributed by atoms with Gasteiger partial charge in [0.15, 0.2) is 0 Å². The lowest BCUT2D eigenvalue weighted by Gasteiger charge is -2.20. The zero-order valence-corrected chi connectivity index (χ0v) is 22.4. The number of carbonyl (C=O) groups is 1. The van der Waals surface area contributed by atoms with Crippen molar-refractivity contribution in [3.05, 3.63) is 89.5 Å². The van der Waals surface area contributed by atoms with Crippen LogP contribution in [-0.4, -0.2) is 37.8 Å². The van der Waals surface area contributed by atoms with E-state index in [0.717, 1.165) is 25.3 Å². The van der Waals surface area contributed by atoms with Gasteiger partial charge in [-0.15, -0.1) is 0 Å². The van der Waals surface area contributed by atoms with E-state index < -0.39 is 21.4 Å². The van der Waals surface area contributed by atoms with Crippen molar-refractivity contribution in [1.29, 1.82) is 0 Å². The van der Waals surface area contributed by atoms with E-state index in [9.17, 15) is 26.4 Å². The van der Waals surface area contributed by atoms with Crippen molar-refractivity contribution in [1.82, 2.24) is 4.90 Å². The lowest BCUT2D eigenvalue weighted by molar-refractivity contribution is -0.110. The van der Waals surface area contributed by atoms with E-state index in [1.165, 1.54) is 49.4 Å². The van der Waals surface area contributed by atoms with Gasteiger partial charge in [-0.05, 0) is 67.4 Å². The van der Waals surface area contributed by atoms with Gasteiger partial charge in [-0.2, -0.15) is 21.6 Å². The Bertz CT molecular complexity index is 1510. The van der Waals surface area contributed by atoms with Gasteiger partial charge in [0.05, 0.1) is 11.3 Å². The number of amides is 1. The molecule has 0 spiro atoms. The summed E-state index contributed by atoms with van der Waals surface area (Å²) >= 11 is 0. The summed E-state index contributed by atoms with van der Waals surface area (Å²) in [4.78, 5) is 15.6. The molecule has 0 aliphatic carbocycles. The maximum atomic E-state index is 13.2. The predicted octanol–water partition coefficient (Wildman–Crippen LogP) is 6.26. The number of alkyl halides is 3. The molecule has 5 rings (SSSR count). The number of fused-ring (bicyclic) bond motifs is 1. The lowest BCUT2D eigenvalue weighted by Crippen LogP contribution is -2.29. The maximum Gasteiger partial charge on any atom is 0.516 e. The molecule has 2 aliphatic rings. The van der Waals surface area contributed by atoms with Crippen LogP contribution in [-0.2, 0) is 21.4 Å². The number of halogens is 3. The smallest absolute Gasteiger partial charge is 0.354 e. The number of nitrogens with zero attached hydrogens (tertiary/aromatic N) is 1. The molecule has 0 atom stereocenters. The highest BCUT2D eigenvalue weighted by atomic mass is 32.2. The van der Waals surface area contributed by atoms with Crippen molar-refractivity contribution < 1.29 is 26.4 Å². The van der Waals surface area contributed by atoms with Gasteiger partial charge in [-0.1, -0.05) is 55.3 Å². The summed E-state index contributed by atoms with van der Waals surface area (Å²) < 4.78 is 63.8. The van der Waals surface area contributed by atoms with E-state index in [-0.39, 0.29) is 16.8 Å². The zero-order valence-electron chi connectivity index (χ0n) is 21.6. The molecule has 2 heterocycles. The second kappa shape index (κ2) is 11.3. The molecule has 3 aromatic carbocycles. The first-order chi connectivity index (χ1) is 19.1. The van der Waals surface area contributed by atoms with Gasteiger partial charge in [-0.3, -0.25) is 14.4 Å². The van der Waals surface area contributed by atoms with Crippen LogP contribution < -0.4 is 15.4 Å². The van der Waals surface area contributed by atoms with Crippen LogP contribution in [0.2, 0.25) is 0 Å². The molecule has 3 aromatic rings. The van der Waals surface area contributed by atoms with Crippen molar-refractivity contribution in [3.8, 4) is 0 Å². The largest absolute Gasteiger partial charge is 0.516 e. The summed E-state index contributed by atoms with van der Waals surface area (Å²) in [6.45, 7) is 3.03. The van der Waals surface area contributed by atoms with E-state index >= 15 is 0 Å². The molecule has 0 bridgehead atoms. The van der Waals surface area contributed by atoms with Crippen molar-refractivity contribution in [2.45, 2.75) is 37.7 Å². The molecule has 0 saturated carbocycles. The number of anilines is 3. The second-order valence-corrected chi connectivity index (χ2v) is 11.6. The third-order valence-electron chi connectivity index (χ3n) is 6.96. The van der Waals surface area contributed by atoms with Gasteiger partial charge in [0, 0.05) is 29.2 Å². The number of nitrogens with one attached hydrogen (secondary N) is 3. The van der Waals surface area contributed by atoms with Gasteiger partial charge < -0.3 is 10.6 Å². The highest BCUT2D eigenvalue weighted by Gasteiger charge is 2.46. The molecule has 3 N–H and O–H groups in total. The van der Waals surface area contributed by atoms with Crippen molar-refractivity contribution >= 4 is 44.3 Å². The van der Waals surface area contributed by atoms with E-state index in [2.05, 4.69) is 15.5 Å². The normalized spacial score (nSPS) is 17.5. The van der Waals surface area contributed by atoms with E-state index in [1.54, 1.807) is 4.72 Å². The summed E-state index contributed by atoms with van der Waals surface area (Å²) in [5.74, 6) is -0.463. The van der Waals surface area contributed by atoms with Crippen LogP contribution in [0.3, 0.4) is 0 Å². The second-order valence-electron chi connectivity index (χ2n) is 9.89. The molecule has 1 fully saturated rings. The fraction of sp³-hybridized carbons (Fsp3) is 0.276. The minimum Gasteiger partial charge on any atom is -0.354 e. The van der Waals surface area contributed by atoms with Gasteiger partial charge in [0.25, 0.3) is 5.91 Å². The third kappa shape index (κ3) is 6.15. The molecule has 1 saturated heterocycles. The van der Waals surface area contributed by atoms with Crippen LogP contribution in [0.1, 0.15) is 42.4 Å². The summed E-state index contributed by atoms with van der Waals surface area (Å²) in [6.07, 6.45) is 4.94. The van der Waals surface area contributed by atoms with Gasteiger partial charge in [0.1, 0.15) is 0 Å². The topological polar surface area (TPSA) is 90.5 Å². The Labute approximate surface area is 231 Å². The Morgan fingerprint density at radius 3 is 2.17 bits per heavy atom. The molecule has 2 aliphatic heterocycles. The third-order valence-corrected chi connectivity index (χ3v) is 8.08. The van der Waals surface area contributed by atoms with Crippen LogP contribution in [0.15, 0.2) is 72.8 Å². The number of carbonyl (C=O) groups excluding carboxylic acids is 1. The Morgan fingerprint density at radius 2 is 1.52 bits per heavy atom. The first-order valence-electron chi connectivity index (χ1n) is 13.0. The fourth-order valence-electron chi connectivity index (χ4n) is 4.97. The van der Waals surface area contributed by atoms with Gasteiger partial charge in [0.2, 0.25) is 0 Å². The molecular formula is C29H29F3N4O3S. The molecule has 40 heavy (non-hydrogen) atoms. The molecular weight excluding hydrogens is 541 g/mol. The lowest BCUT2D eigenvalue weighted by atomic mass is 9.99. The number of benzene rings is 3. The Hall–Kier alpha value is -3.83. The molecule has 1 amide bonds. The van der Waals surface area contributed by atoms with Crippen LogP contribution in [0.4, 0.5) is 30.2 Å². The molecule has 0 radical (unpaired) electrons. The van der Waals surface area contributed by atoms with Crippen molar-refractivity contribution in [2.24, 2.45) is 0 Å². The number of sulfonamides is 1. The Balaban J connectivity index is 1.48. The standard InChI is InChI=1S/C29H29F3N4O3S/c30-29(31,32)40(38,39)35-23-14-15-25-24(18-23)26(28(37)34-25)27(21-8-4-3-5-9-21)33-22-12-10-20(11-13-22)19-36-16-6-1-2-7-17-36/h3-5,8-15,18,33,35H,1-2,6-7,16-17,19H2,(H,34,37)/b27-26-. The first-order valence-corrected chi connectivity index (χ1v) is 14.5. The number of hydrogen-bond acceptors (Lipinski definition) is 5. The first kappa shape index (κ1) is 27.7. The average Bonchev–Trinajstić information content (AvgIpc) is 3.06. The number of likely N-dealkylation sites (tertiary alicyclic amines) is 1. The molecule has 7 nitrogen and oxygen atoms in total. The van der Waals surface area contributed by atoms with Crippen LogP contribution >= 0.6 is 0 Å². The summed E-state index contributed by atoms with van der Waals surface area (Å²) in [6, 6.07) is 20.8. The predicted molar refractivity (Wildman–Crippen MR) is 151 cm³/mol. The molecule has 0 aromatic heterocycles. The molecule has 0 unspecified atom stereocenters. The fourth-order valence-corrected chi connectivity index (χ4v) is 5.52. The maximum absolute atomic E-state index is 13.2. The quantitative estimate of drug-likeness (QED) is 0.292. The number of rotatable bonds is 7. The van der Waals surface area contributed by atoms with Crippen LogP contribution in [0, 0.1) is 0 Å². The highest BCUT2D eigenvalue weighted by molar-refractivity contribution is 7.93. The summed E-state index contributed by atoms with van der Waals surface area (Å²) in [5.41, 5.74) is -1.96. The van der Waals surface area contributed by atoms with Crippen molar-refractivity contribution in [2.75, 3.05) is 28.4 Å². The SMILES string of the molecule is O=C1Nc2ccc(NS(=O)(=O)C(F)(F)F)cc2/C1=C(/Nc1ccc(CN2CCCCCC2)cc1)c1ccccc1.